The molecule has 0 aliphatic carbocycles. The molecule has 0 amide bonds. The quantitative estimate of drug-likeness (QED) is 0.867. The van der Waals surface area contributed by atoms with Crippen LogP contribution in [0.4, 0.5) is 0 Å². The van der Waals surface area contributed by atoms with E-state index in [2.05, 4.69) is 20.7 Å². The minimum absolute atomic E-state index is 0.248. The molecular weight excluding hydrogens is 304 g/mol. The summed E-state index contributed by atoms with van der Waals surface area (Å²) in [5.74, 6) is 0. The first-order valence-electron chi connectivity index (χ1n) is 5.22. The highest BCUT2D eigenvalue weighted by molar-refractivity contribution is 9.10. The molecule has 4 nitrogen and oxygen atoms in total. The number of nitrogens with two attached hydrogens (primary N) is 1. The van der Waals surface area contributed by atoms with E-state index in [0.717, 1.165) is 4.47 Å². The Morgan fingerprint density at radius 2 is 1.82 bits per heavy atom. The van der Waals surface area contributed by atoms with Gasteiger partial charge in [0.15, 0.2) is 0 Å². The summed E-state index contributed by atoms with van der Waals surface area (Å²) in [6, 6.07) is 6.51. The van der Waals surface area contributed by atoms with Gasteiger partial charge in [0.05, 0.1) is 4.90 Å². The highest BCUT2D eigenvalue weighted by atomic mass is 79.9. The van der Waals surface area contributed by atoms with Gasteiger partial charge in [-0.2, -0.15) is 0 Å². The third kappa shape index (κ3) is 4.39. The van der Waals surface area contributed by atoms with E-state index in [0.29, 0.717) is 13.1 Å². The minimum Gasteiger partial charge on any atom is -0.330 e. The van der Waals surface area contributed by atoms with Crippen LogP contribution < -0.4 is 10.5 Å². The molecule has 0 spiro atoms. The molecule has 0 aliphatic rings. The van der Waals surface area contributed by atoms with E-state index in [4.69, 9.17) is 5.73 Å². The molecule has 0 heterocycles. The predicted molar refractivity (Wildman–Crippen MR) is 72.2 cm³/mol. The number of sulfonamides is 1. The summed E-state index contributed by atoms with van der Waals surface area (Å²) in [4.78, 5) is 0.258. The molecule has 0 fully saturated rings. The van der Waals surface area contributed by atoms with Crippen LogP contribution in [0.25, 0.3) is 0 Å². The van der Waals surface area contributed by atoms with Crippen molar-refractivity contribution in [2.75, 3.05) is 13.1 Å². The van der Waals surface area contributed by atoms with Gasteiger partial charge in [0.25, 0.3) is 0 Å². The molecule has 0 unspecified atom stereocenters. The molecule has 0 atom stereocenters. The largest absolute Gasteiger partial charge is 0.330 e. The van der Waals surface area contributed by atoms with Crippen molar-refractivity contribution >= 4 is 26.0 Å². The molecular formula is C11H17BrN2O2S. The number of hydrogen-bond acceptors (Lipinski definition) is 3. The molecule has 0 saturated carbocycles. The Kier molecular flexibility index (Phi) is 4.71. The van der Waals surface area contributed by atoms with Crippen LogP contribution in [0.2, 0.25) is 0 Å². The number of rotatable bonds is 5. The fourth-order valence-corrected chi connectivity index (χ4v) is 2.57. The second-order valence-electron chi connectivity index (χ2n) is 4.65. The summed E-state index contributed by atoms with van der Waals surface area (Å²) >= 11 is 3.26. The number of benzene rings is 1. The molecule has 96 valence electrons. The highest BCUT2D eigenvalue weighted by Gasteiger charge is 2.20. The lowest BCUT2D eigenvalue weighted by Gasteiger charge is -2.22. The van der Waals surface area contributed by atoms with E-state index >= 15 is 0 Å². The Balaban J connectivity index is 2.79. The summed E-state index contributed by atoms with van der Waals surface area (Å²) in [5, 5.41) is 0. The van der Waals surface area contributed by atoms with Crippen molar-refractivity contribution in [2.45, 2.75) is 18.7 Å². The van der Waals surface area contributed by atoms with E-state index < -0.39 is 10.0 Å². The van der Waals surface area contributed by atoms with E-state index in [1.807, 2.05) is 13.8 Å². The molecule has 17 heavy (non-hydrogen) atoms. The van der Waals surface area contributed by atoms with Crippen molar-refractivity contribution in [3.63, 3.8) is 0 Å². The monoisotopic (exact) mass is 320 g/mol. The van der Waals surface area contributed by atoms with Gasteiger partial charge in [0.2, 0.25) is 10.0 Å². The molecule has 1 aromatic rings. The lowest BCUT2D eigenvalue weighted by molar-refractivity contribution is 0.376. The van der Waals surface area contributed by atoms with Gasteiger partial charge in [-0.3, -0.25) is 0 Å². The lowest BCUT2D eigenvalue weighted by Crippen LogP contribution is -2.38. The fraction of sp³-hybridized carbons (Fsp3) is 0.455. The van der Waals surface area contributed by atoms with E-state index in [9.17, 15) is 8.42 Å². The van der Waals surface area contributed by atoms with Gasteiger partial charge in [0.1, 0.15) is 0 Å². The van der Waals surface area contributed by atoms with E-state index in [-0.39, 0.29) is 10.3 Å². The van der Waals surface area contributed by atoms with Crippen molar-refractivity contribution < 1.29 is 8.42 Å². The minimum atomic E-state index is -3.45. The van der Waals surface area contributed by atoms with Crippen molar-refractivity contribution in [3.8, 4) is 0 Å². The van der Waals surface area contributed by atoms with Crippen molar-refractivity contribution in [1.82, 2.24) is 4.72 Å². The Morgan fingerprint density at radius 1 is 1.29 bits per heavy atom. The molecule has 0 radical (unpaired) electrons. The van der Waals surface area contributed by atoms with Gasteiger partial charge >= 0.3 is 0 Å². The Hall–Kier alpha value is -0.430. The summed E-state index contributed by atoms with van der Waals surface area (Å²) in [6.45, 7) is 4.58. The van der Waals surface area contributed by atoms with Crippen LogP contribution in [-0.4, -0.2) is 21.5 Å². The second kappa shape index (κ2) is 5.48. The standard InChI is InChI=1S/C11H17BrN2O2S/c1-11(2,7-13)8-14-17(15,16)10-5-3-9(12)4-6-10/h3-6,14H,7-8,13H2,1-2H3. The zero-order valence-corrected chi connectivity index (χ0v) is 12.3. The summed E-state index contributed by atoms with van der Waals surface area (Å²) in [6.07, 6.45) is 0. The van der Waals surface area contributed by atoms with Crippen LogP contribution in [0.1, 0.15) is 13.8 Å². The van der Waals surface area contributed by atoms with E-state index in [1.54, 1.807) is 24.3 Å². The maximum atomic E-state index is 11.9. The molecule has 0 aliphatic heterocycles. The topological polar surface area (TPSA) is 72.2 Å². The molecule has 0 bridgehead atoms. The smallest absolute Gasteiger partial charge is 0.240 e. The van der Waals surface area contributed by atoms with Gasteiger partial charge in [-0.25, -0.2) is 13.1 Å². The van der Waals surface area contributed by atoms with Gasteiger partial charge in [-0.05, 0) is 36.2 Å². The molecule has 6 heteroatoms. The van der Waals surface area contributed by atoms with Crippen molar-refractivity contribution in [2.24, 2.45) is 11.1 Å². The zero-order valence-electron chi connectivity index (χ0n) is 9.90. The van der Waals surface area contributed by atoms with Gasteiger partial charge in [-0.1, -0.05) is 29.8 Å². The number of halogens is 1. The fourth-order valence-electron chi connectivity index (χ4n) is 1.06. The van der Waals surface area contributed by atoms with Crippen LogP contribution >= 0.6 is 15.9 Å². The first-order valence-corrected chi connectivity index (χ1v) is 7.50. The molecule has 0 aromatic heterocycles. The van der Waals surface area contributed by atoms with Gasteiger partial charge in [-0.15, -0.1) is 0 Å². The summed E-state index contributed by atoms with van der Waals surface area (Å²) < 4.78 is 27.3. The Labute approximate surface area is 111 Å². The van der Waals surface area contributed by atoms with Crippen LogP contribution in [0.15, 0.2) is 33.6 Å². The van der Waals surface area contributed by atoms with Crippen LogP contribution in [-0.2, 0) is 10.0 Å². The van der Waals surface area contributed by atoms with Crippen LogP contribution in [0.5, 0.6) is 0 Å². The third-order valence-corrected chi connectivity index (χ3v) is 4.36. The van der Waals surface area contributed by atoms with Crippen molar-refractivity contribution in [1.29, 1.82) is 0 Å². The number of hydrogen-bond donors (Lipinski definition) is 2. The van der Waals surface area contributed by atoms with Gasteiger partial charge < -0.3 is 5.73 Å². The normalized spacial score (nSPS) is 12.7. The Morgan fingerprint density at radius 3 is 2.29 bits per heavy atom. The second-order valence-corrected chi connectivity index (χ2v) is 7.33. The third-order valence-electron chi connectivity index (χ3n) is 2.42. The average molecular weight is 321 g/mol. The molecule has 3 N–H and O–H groups in total. The maximum absolute atomic E-state index is 11.9. The lowest BCUT2D eigenvalue weighted by atomic mass is 9.95. The average Bonchev–Trinajstić information content (AvgIpc) is 2.27. The molecule has 1 rings (SSSR count). The first kappa shape index (κ1) is 14.6. The maximum Gasteiger partial charge on any atom is 0.240 e. The zero-order chi connectivity index (χ0) is 13.1. The van der Waals surface area contributed by atoms with Crippen molar-refractivity contribution in [3.05, 3.63) is 28.7 Å². The van der Waals surface area contributed by atoms with E-state index in [1.165, 1.54) is 0 Å². The predicted octanol–water partition coefficient (Wildman–Crippen LogP) is 1.71. The molecule has 0 saturated heterocycles. The van der Waals surface area contributed by atoms with Crippen LogP contribution in [0.3, 0.4) is 0 Å². The summed E-state index contributed by atoms with van der Waals surface area (Å²) in [7, 11) is -3.45. The summed E-state index contributed by atoms with van der Waals surface area (Å²) in [5.41, 5.74) is 5.31. The first-order chi connectivity index (χ1) is 7.77. The highest BCUT2D eigenvalue weighted by Crippen LogP contribution is 2.16. The molecule has 1 aromatic carbocycles. The number of nitrogens with one attached hydrogen (secondary N) is 1. The van der Waals surface area contributed by atoms with Crippen LogP contribution in [0, 0.1) is 5.41 Å². The Bertz CT molecular complexity index is 469. The SMILES string of the molecule is CC(C)(CN)CNS(=O)(=O)c1ccc(Br)cc1. The van der Waals surface area contributed by atoms with Gasteiger partial charge in [0, 0.05) is 11.0 Å².